The SMILES string of the molecule is COC[C@H](C)Nc1ncc2c(-c3cnn(C(C)(C)c4nnc(C5CC5)o4)c3)cc([C@H]3CC[C@H](O)CC3)n2n1. The molecule has 38 heavy (non-hydrogen) atoms. The molecule has 4 heterocycles. The monoisotopic (exact) mass is 520 g/mol. The fourth-order valence-corrected chi connectivity index (χ4v) is 5.33. The quantitative estimate of drug-likeness (QED) is 0.335. The van der Waals surface area contributed by atoms with Crippen molar-refractivity contribution in [2.45, 2.75) is 88.8 Å². The standard InChI is InChI=1S/C27H36N8O3/c1-16(15-37-4)30-26-28-13-23-21(11-22(35(23)33-26)17-7-9-20(36)10-8-17)19-12-29-34(14-19)27(2,3)25-32-31-24(38-25)18-5-6-18/h11-14,16-18,20,36H,5-10,15H2,1-4H3,(H,30,33)/t16-,17-,20-/m0/s1. The van der Waals surface area contributed by atoms with E-state index in [1.807, 2.05) is 48.6 Å². The number of aliphatic hydroxyl groups excluding tert-OH is 1. The third kappa shape index (κ3) is 4.69. The highest BCUT2D eigenvalue weighted by molar-refractivity contribution is 5.81. The molecular weight excluding hydrogens is 484 g/mol. The molecule has 2 aliphatic rings. The Bertz CT molecular complexity index is 1410. The first-order valence-corrected chi connectivity index (χ1v) is 13.5. The Kier molecular flexibility index (Phi) is 6.43. The van der Waals surface area contributed by atoms with E-state index in [0.717, 1.165) is 66.8 Å². The molecule has 0 radical (unpaired) electrons. The third-order valence-electron chi connectivity index (χ3n) is 7.81. The zero-order valence-corrected chi connectivity index (χ0v) is 22.5. The van der Waals surface area contributed by atoms with Gasteiger partial charge in [-0.05, 0) is 65.4 Å². The summed E-state index contributed by atoms with van der Waals surface area (Å²) in [5.41, 5.74) is 3.44. The average molecular weight is 521 g/mol. The van der Waals surface area contributed by atoms with Crippen LogP contribution in [-0.4, -0.2) is 65.5 Å². The van der Waals surface area contributed by atoms with E-state index in [-0.39, 0.29) is 12.1 Å². The van der Waals surface area contributed by atoms with Gasteiger partial charge in [0.05, 0.1) is 30.6 Å². The minimum Gasteiger partial charge on any atom is -0.422 e. The summed E-state index contributed by atoms with van der Waals surface area (Å²) < 4.78 is 15.2. The van der Waals surface area contributed by atoms with Gasteiger partial charge in [0.15, 0.2) is 0 Å². The second-order valence-corrected chi connectivity index (χ2v) is 11.3. The molecule has 0 amide bonds. The molecule has 2 fully saturated rings. The Balaban J connectivity index is 1.36. The number of fused-ring (bicyclic) bond motifs is 1. The van der Waals surface area contributed by atoms with Gasteiger partial charge in [-0.25, -0.2) is 9.50 Å². The maximum absolute atomic E-state index is 10.1. The Morgan fingerprint density at radius 3 is 2.63 bits per heavy atom. The summed E-state index contributed by atoms with van der Waals surface area (Å²) in [6, 6.07) is 2.28. The predicted octanol–water partition coefficient (Wildman–Crippen LogP) is 4.10. The number of rotatable bonds is 9. The van der Waals surface area contributed by atoms with Gasteiger partial charge >= 0.3 is 0 Å². The van der Waals surface area contributed by atoms with Crippen molar-refractivity contribution in [3.63, 3.8) is 0 Å². The third-order valence-corrected chi connectivity index (χ3v) is 7.81. The number of ether oxygens (including phenoxy) is 1. The van der Waals surface area contributed by atoms with Gasteiger partial charge in [-0.3, -0.25) is 4.68 Å². The maximum Gasteiger partial charge on any atom is 0.243 e. The lowest BCUT2D eigenvalue weighted by atomic mass is 9.85. The van der Waals surface area contributed by atoms with Crippen LogP contribution in [0, 0.1) is 0 Å². The molecular formula is C27H36N8O3. The van der Waals surface area contributed by atoms with Crippen LogP contribution in [0.15, 0.2) is 29.1 Å². The zero-order valence-electron chi connectivity index (χ0n) is 22.5. The summed E-state index contributed by atoms with van der Waals surface area (Å²) in [7, 11) is 1.68. The molecule has 1 atom stereocenters. The largest absolute Gasteiger partial charge is 0.422 e. The summed E-state index contributed by atoms with van der Waals surface area (Å²) in [5.74, 6) is 2.55. The highest BCUT2D eigenvalue weighted by Gasteiger charge is 2.35. The summed E-state index contributed by atoms with van der Waals surface area (Å²) >= 11 is 0. The van der Waals surface area contributed by atoms with Crippen LogP contribution in [0.3, 0.4) is 0 Å². The Labute approximate surface area is 221 Å². The molecule has 0 bridgehead atoms. The van der Waals surface area contributed by atoms with Crippen molar-refractivity contribution < 1.29 is 14.3 Å². The van der Waals surface area contributed by atoms with Crippen molar-refractivity contribution in [3.05, 3.63) is 42.1 Å². The maximum atomic E-state index is 10.1. The van der Waals surface area contributed by atoms with E-state index in [2.05, 4.69) is 26.6 Å². The lowest BCUT2D eigenvalue weighted by molar-refractivity contribution is 0.121. The minimum absolute atomic E-state index is 0.0753. The number of nitrogens with zero attached hydrogens (tertiary/aromatic N) is 7. The van der Waals surface area contributed by atoms with Gasteiger partial charge < -0.3 is 19.6 Å². The van der Waals surface area contributed by atoms with Crippen LogP contribution in [0.5, 0.6) is 0 Å². The van der Waals surface area contributed by atoms with Crippen molar-refractivity contribution >= 4 is 11.5 Å². The van der Waals surface area contributed by atoms with Gasteiger partial charge in [0.2, 0.25) is 17.7 Å². The second-order valence-electron chi connectivity index (χ2n) is 11.3. The summed E-state index contributed by atoms with van der Waals surface area (Å²) in [6.45, 7) is 6.66. The highest BCUT2D eigenvalue weighted by atomic mass is 16.5. The molecule has 6 rings (SSSR count). The number of aromatic nitrogens is 7. The first-order valence-electron chi connectivity index (χ1n) is 13.5. The van der Waals surface area contributed by atoms with Gasteiger partial charge in [-0.15, -0.1) is 15.3 Å². The molecule has 0 aromatic carbocycles. The van der Waals surface area contributed by atoms with Crippen LogP contribution < -0.4 is 5.32 Å². The Morgan fingerprint density at radius 1 is 1.13 bits per heavy atom. The number of hydrogen-bond donors (Lipinski definition) is 2. The minimum atomic E-state index is -0.596. The molecule has 0 aliphatic heterocycles. The number of aliphatic hydroxyl groups is 1. The van der Waals surface area contributed by atoms with E-state index in [4.69, 9.17) is 19.4 Å². The zero-order chi connectivity index (χ0) is 26.4. The topological polar surface area (TPSA) is 128 Å². The van der Waals surface area contributed by atoms with E-state index in [0.29, 0.717) is 30.3 Å². The van der Waals surface area contributed by atoms with E-state index in [1.165, 1.54) is 0 Å². The first-order chi connectivity index (χ1) is 18.3. The Hall–Kier alpha value is -3.31. The molecule has 11 nitrogen and oxygen atoms in total. The van der Waals surface area contributed by atoms with Gasteiger partial charge in [0.1, 0.15) is 5.54 Å². The van der Waals surface area contributed by atoms with Crippen LogP contribution >= 0.6 is 0 Å². The Morgan fingerprint density at radius 2 is 1.89 bits per heavy atom. The van der Waals surface area contributed by atoms with Crippen molar-refractivity contribution in [3.8, 4) is 11.1 Å². The van der Waals surface area contributed by atoms with Gasteiger partial charge in [0, 0.05) is 48.0 Å². The number of methoxy groups -OCH3 is 1. The number of hydrogen-bond acceptors (Lipinski definition) is 9. The smallest absolute Gasteiger partial charge is 0.243 e. The molecule has 4 aromatic rings. The van der Waals surface area contributed by atoms with Crippen molar-refractivity contribution in [2.75, 3.05) is 19.0 Å². The molecule has 0 saturated heterocycles. The van der Waals surface area contributed by atoms with E-state index in [1.54, 1.807) is 7.11 Å². The number of anilines is 1. The van der Waals surface area contributed by atoms with Gasteiger partial charge in [-0.2, -0.15) is 5.10 Å². The highest BCUT2D eigenvalue weighted by Crippen LogP contribution is 2.41. The first kappa shape index (κ1) is 25.0. The lowest BCUT2D eigenvalue weighted by Gasteiger charge is -2.25. The fourth-order valence-electron chi connectivity index (χ4n) is 5.33. The lowest BCUT2D eigenvalue weighted by Crippen LogP contribution is -2.28. The number of nitrogens with one attached hydrogen (secondary N) is 1. The van der Waals surface area contributed by atoms with Crippen LogP contribution in [0.1, 0.15) is 88.6 Å². The van der Waals surface area contributed by atoms with Crippen molar-refractivity contribution in [1.29, 1.82) is 0 Å². The van der Waals surface area contributed by atoms with Crippen molar-refractivity contribution in [2.24, 2.45) is 0 Å². The van der Waals surface area contributed by atoms with Crippen LogP contribution in [0.2, 0.25) is 0 Å². The summed E-state index contributed by atoms with van der Waals surface area (Å²) in [5, 5.41) is 31.6. The van der Waals surface area contributed by atoms with Crippen molar-refractivity contribution in [1.82, 2.24) is 34.6 Å². The van der Waals surface area contributed by atoms with E-state index < -0.39 is 5.54 Å². The molecule has 0 spiro atoms. The van der Waals surface area contributed by atoms with Gasteiger partial charge in [0.25, 0.3) is 0 Å². The second kappa shape index (κ2) is 9.77. The predicted molar refractivity (Wildman–Crippen MR) is 141 cm³/mol. The molecule has 11 heteroatoms. The van der Waals surface area contributed by atoms with Gasteiger partial charge in [-0.1, -0.05) is 0 Å². The molecule has 0 unspecified atom stereocenters. The summed E-state index contributed by atoms with van der Waals surface area (Å²) in [6.07, 6.45) is 11.2. The normalized spacial score (nSPS) is 21.2. The molecule has 2 saturated carbocycles. The van der Waals surface area contributed by atoms with E-state index >= 15 is 0 Å². The fraction of sp³-hybridized carbons (Fsp3) is 0.593. The van der Waals surface area contributed by atoms with Crippen LogP contribution in [-0.2, 0) is 10.3 Å². The molecule has 202 valence electrons. The summed E-state index contributed by atoms with van der Waals surface area (Å²) in [4.78, 5) is 4.61. The van der Waals surface area contributed by atoms with Crippen LogP contribution in [0.25, 0.3) is 16.6 Å². The van der Waals surface area contributed by atoms with Crippen LogP contribution in [0.4, 0.5) is 5.95 Å². The molecule has 2 N–H and O–H groups in total. The average Bonchev–Trinajstić information content (AvgIpc) is 3.29. The molecule has 4 aromatic heterocycles. The van der Waals surface area contributed by atoms with E-state index in [9.17, 15) is 5.11 Å². The molecule has 2 aliphatic carbocycles.